The average Bonchev–Trinajstić information content (AvgIpc) is 3.08. The fraction of sp³-hybridized carbons (Fsp3) is 0.0625. The zero-order chi connectivity index (χ0) is 16.0. The van der Waals surface area contributed by atoms with Crippen LogP contribution < -0.4 is 0 Å². The monoisotopic (exact) mass is 360 g/mol. The molecule has 0 radical (unpaired) electrons. The largest absolute Gasteiger partial charge is 0.235 e. The molecular weight excluding hydrogens is 351 g/mol. The Morgan fingerprint density at radius 3 is 2.52 bits per heavy atom. The molecule has 0 atom stereocenters. The average molecular weight is 361 g/mol. The van der Waals surface area contributed by atoms with Crippen LogP contribution in [0.2, 0.25) is 10.0 Å². The summed E-state index contributed by atoms with van der Waals surface area (Å²) in [4.78, 5) is 0.724. The van der Waals surface area contributed by atoms with Crippen LogP contribution in [0, 0.1) is 6.92 Å². The summed E-state index contributed by atoms with van der Waals surface area (Å²) in [5.74, 6) is 0.715. The van der Waals surface area contributed by atoms with Crippen molar-refractivity contribution in [2.24, 2.45) is 0 Å². The molecule has 0 unspecified atom stereocenters. The van der Waals surface area contributed by atoms with E-state index in [1.165, 1.54) is 16.9 Å². The lowest BCUT2D eigenvalue weighted by Crippen LogP contribution is -1.91. The molecule has 4 rings (SSSR count). The zero-order valence-electron chi connectivity index (χ0n) is 12.0. The number of aryl methyl sites for hydroxylation is 1. The third kappa shape index (κ3) is 2.61. The van der Waals surface area contributed by atoms with E-state index in [2.05, 4.69) is 15.3 Å². The van der Waals surface area contributed by atoms with Gasteiger partial charge in [0.05, 0.1) is 5.02 Å². The van der Waals surface area contributed by atoms with Crippen molar-refractivity contribution in [1.29, 1.82) is 0 Å². The maximum atomic E-state index is 6.27. The molecule has 0 N–H and O–H groups in total. The van der Waals surface area contributed by atoms with E-state index in [9.17, 15) is 0 Å². The van der Waals surface area contributed by atoms with Gasteiger partial charge in [-0.1, -0.05) is 64.4 Å². The predicted octanol–water partition coefficient (Wildman–Crippen LogP) is 5.14. The van der Waals surface area contributed by atoms with Crippen LogP contribution in [0.3, 0.4) is 0 Å². The second kappa shape index (κ2) is 5.60. The smallest absolute Gasteiger partial charge is 0.182 e. The first-order chi connectivity index (χ1) is 11.1. The Balaban J connectivity index is 1.84. The highest BCUT2D eigenvalue weighted by Gasteiger charge is 2.16. The fourth-order valence-corrected chi connectivity index (χ4v) is 3.70. The van der Waals surface area contributed by atoms with Crippen molar-refractivity contribution >= 4 is 39.5 Å². The first-order valence-corrected chi connectivity index (χ1v) is 8.44. The highest BCUT2D eigenvalue weighted by molar-refractivity contribution is 7.19. The van der Waals surface area contributed by atoms with E-state index in [0.29, 0.717) is 15.9 Å². The number of benzene rings is 2. The van der Waals surface area contributed by atoms with Crippen LogP contribution in [0.4, 0.5) is 0 Å². The van der Waals surface area contributed by atoms with Crippen LogP contribution >= 0.6 is 34.5 Å². The molecule has 2 aromatic carbocycles. The van der Waals surface area contributed by atoms with Crippen LogP contribution in [-0.2, 0) is 0 Å². The van der Waals surface area contributed by atoms with Gasteiger partial charge in [0, 0.05) is 16.1 Å². The summed E-state index contributed by atoms with van der Waals surface area (Å²) in [6.45, 7) is 2.05. The Labute approximate surface area is 146 Å². The number of rotatable bonds is 2. The molecule has 23 heavy (non-hydrogen) atoms. The summed E-state index contributed by atoms with van der Waals surface area (Å²) in [6.07, 6.45) is 0. The number of nitrogens with zero attached hydrogens (tertiary/aromatic N) is 4. The van der Waals surface area contributed by atoms with Gasteiger partial charge in [-0.25, -0.2) is 0 Å². The van der Waals surface area contributed by atoms with Gasteiger partial charge in [0.1, 0.15) is 5.01 Å². The molecule has 0 aliphatic rings. The van der Waals surface area contributed by atoms with Crippen LogP contribution in [0.15, 0.2) is 42.5 Å². The lowest BCUT2D eigenvalue weighted by atomic mass is 10.1. The predicted molar refractivity (Wildman–Crippen MR) is 94.3 cm³/mol. The maximum Gasteiger partial charge on any atom is 0.235 e. The number of fused-ring (bicyclic) bond motifs is 1. The van der Waals surface area contributed by atoms with E-state index >= 15 is 0 Å². The number of hydrogen-bond donors (Lipinski definition) is 0. The van der Waals surface area contributed by atoms with Gasteiger partial charge in [0.15, 0.2) is 5.82 Å². The van der Waals surface area contributed by atoms with Gasteiger partial charge in [-0.2, -0.15) is 9.61 Å². The van der Waals surface area contributed by atoms with Gasteiger partial charge < -0.3 is 0 Å². The molecule has 4 nitrogen and oxygen atoms in total. The Hall–Kier alpha value is -1.95. The summed E-state index contributed by atoms with van der Waals surface area (Å²) in [5.41, 5.74) is 3.00. The Morgan fingerprint density at radius 1 is 1.00 bits per heavy atom. The third-order valence-corrected chi connectivity index (χ3v) is 4.94. The van der Waals surface area contributed by atoms with E-state index in [-0.39, 0.29) is 0 Å². The Morgan fingerprint density at radius 2 is 1.78 bits per heavy atom. The molecule has 0 aliphatic carbocycles. The minimum Gasteiger partial charge on any atom is -0.182 e. The summed E-state index contributed by atoms with van der Waals surface area (Å²) < 4.78 is 1.75. The SMILES string of the molecule is Cc1ccc(-c2nnc3sc(-c4ccc(Cl)cc4Cl)nn23)cc1. The second-order valence-corrected chi connectivity index (χ2v) is 6.91. The summed E-state index contributed by atoms with van der Waals surface area (Å²) >= 11 is 13.7. The molecule has 4 aromatic rings. The Bertz CT molecular complexity index is 1000. The highest BCUT2D eigenvalue weighted by Crippen LogP contribution is 2.34. The minimum absolute atomic E-state index is 0.569. The van der Waals surface area contributed by atoms with E-state index in [4.69, 9.17) is 23.2 Å². The van der Waals surface area contributed by atoms with E-state index in [0.717, 1.165) is 21.1 Å². The third-order valence-electron chi connectivity index (χ3n) is 3.46. The number of hydrogen-bond acceptors (Lipinski definition) is 4. The van der Waals surface area contributed by atoms with Gasteiger partial charge in [-0.15, -0.1) is 10.2 Å². The first kappa shape index (κ1) is 14.6. The van der Waals surface area contributed by atoms with Crippen molar-refractivity contribution in [2.45, 2.75) is 6.92 Å². The lowest BCUT2D eigenvalue weighted by molar-refractivity contribution is 0.970. The van der Waals surface area contributed by atoms with Crippen molar-refractivity contribution in [2.75, 3.05) is 0 Å². The van der Waals surface area contributed by atoms with E-state index < -0.39 is 0 Å². The van der Waals surface area contributed by atoms with Crippen LogP contribution in [0.25, 0.3) is 26.9 Å². The topological polar surface area (TPSA) is 43.1 Å². The van der Waals surface area contributed by atoms with Crippen molar-refractivity contribution in [1.82, 2.24) is 19.8 Å². The molecule has 2 heterocycles. The molecule has 114 valence electrons. The quantitative estimate of drug-likeness (QED) is 0.497. The molecule has 0 aliphatic heterocycles. The zero-order valence-corrected chi connectivity index (χ0v) is 14.3. The van der Waals surface area contributed by atoms with Crippen molar-refractivity contribution in [3.8, 4) is 22.0 Å². The first-order valence-electron chi connectivity index (χ1n) is 6.86. The summed E-state index contributed by atoms with van der Waals surface area (Å²) in [7, 11) is 0. The molecule has 7 heteroatoms. The molecule has 2 aromatic heterocycles. The van der Waals surface area contributed by atoms with E-state index in [1.807, 2.05) is 37.3 Å². The molecule has 0 fully saturated rings. The lowest BCUT2D eigenvalue weighted by Gasteiger charge is -2.00. The number of aromatic nitrogens is 4. The fourth-order valence-electron chi connectivity index (χ4n) is 2.27. The van der Waals surface area contributed by atoms with Crippen LogP contribution in [0.1, 0.15) is 5.56 Å². The molecule has 0 amide bonds. The standard InChI is InChI=1S/C16H10Cl2N4S/c1-9-2-4-10(5-3-9)14-19-20-16-22(14)21-15(23-16)12-7-6-11(17)8-13(12)18/h2-8H,1H3. The van der Waals surface area contributed by atoms with E-state index in [1.54, 1.807) is 16.6 Å². The normalized spacial score (nSPS) is 11.3. The van der Waals surface area contributed by atoms with Crippen molar-refractivity contribution < 1.29 is 0 Å². The van der Waals surface area contributed by atoms with Gasteiger partial charge in [-0.3, -0.25) is 0 Å². The summed E-state index contributed by atoms with van der Waals surface area (Å²) in [6, 6.07) is 13.5. The van der Waals surface area contributed by atoms with Crippen molar-refractivity contribution in [3.05, 3.63) is 58.1 Å². The van der Waals surface area contributed by atoms with Crippen molar-refractivity contribution in [3.63, 3.8) is 0 Å². The summed E-state index contributed by atoms with van der Waals surface area (Å²) in [5, 5.41) is 15.0. The maximum absolute atomic E-state index is 6.27. The second-order valence-electron chi connectivity index (χ2n) is 5.12. The molecular formula is C16H10Cl2N4S. The van der Waals surface area contributed by atoms with Gasteiger partial charge >= 0.3 is 0 Å². The Kier molecular flexibility index (Phi) is 3.56. The van der Waals surface area contributed by atoms with Gasteiger partial charge in [0.2, 0.25) is 4.96 Å². The molecule has 0 saturated heterocycles. The highest BCUT2D eigenvalue weighted by atomic mass is 35.5. The van der Waals surface area contributed by atoms with Crippen LogP contribution in [-0.4, -0.2) is 19.8 Å². The molecule has 0 spiro atoms. The number of halogens is 2. The molecule has 0 saturated carbocycles. The van der Waals surface area contributed by atoms with Gasteiger partial charge in [0.25, 0.3) is 0 Å². The van der Waals surface area contributed by atoms with Crippen LogP contribution in [0.5, 0.6) is 0 Å². The minimum atomic E-state index is 0.569. The molecule has 0 bridgehead atoms. The van der Waals surface area contributed by atoms with Gasteiger partial charge in [-0.05, 0) is 25.1 Å².